The molecule has 0 aliphatic rings. The van der Waals surface area contributed by atoms with Crippen LogP contribution in [0.25, 0.3) is 0 Å². The number of amides is 2. The summed E-state index contributed by atoms with van der Waals surface area (Å²) in [5.74, 6) is -0.897. The topological polar surface area (TPSA) is 81.4 Å². The van der Waals surface area contributed by atoms with Crippen LogP contribution in [0, 0.1) is 5.92 Å². The SMILES string of the molecule is CCC(CC(N)=O)C(=O)NCCOC. The van der Waals surface area contributed by atoms with Crippen LogP contribution in [0.15, 0.2) is 0 Å². The van der Waals surface area contributed by atoms with Crippen molar-refractivity contribution in [3.05, 3.63) is 0 Å². The minimum Gasteiger partial charge on any atom is -0.383 e. The van der Waals surface area contributed by atoms with E-state index in [1.165, 1.54) is 0 Å². The Balaban J connectivity index is 3.85. The molecular weight excluding hydrogens is 184 g/mol. The van der Waals surface area contributed by atoms with Crippen LogP contribution in [0.4, 0.5) is 0 Å². The van der Waals surface area contributed by atoms with Crippen LogP contribution in [-0.2, 0) is 14.3 Å². The van der Waals surface area contributed by atoms with E-state index in [1.807, 2.05) is 6.92 Å². The van der Waals surface area contributed by atoms with Gasteiger partial charge in [0, 0.05) is 26.0 Å². The van der Waals surface area contributed by atoms with Gasteiger partial charge < -0.3 is 15.8 Å². The number of hydrogen-bond donors (Lipinski definition) is 2. The van der Waals surface area contributed by atoms with E-state index in [0.29, 0.717) is 19.6 Å². The Bertz CT molecular complexity index is 194. The number of primary amides is 1. The summed E-state index contributed by atoms with van der Waals surface area (Å²) < 4.78 is 4.78. The first-order valence-corrected chi connectivity index (χ1v) is 4.66. The molecule has 0 radical (unpaired) electrons. The van der Waals surface area contributed by atoms with Crippen molar-refractivity contribution < 1.29 is 14.3 Å². The van der Waals surface area contributed by atoms with Crippen molar-refractivity contribution in [3.63, 3.8) is 0 Å². The number of nitrogens with two attached hydrogens (primary N) is 1. The highest BCUT2D eigenvalue weighted by molar-refractivity contribution is 5.84. The molecule has 0 aliphatic carbocycles. The largest absolute Gasteiger partial charge is 0.383 e. The molecule has 0 saturated heterocycles. The predicted molar refractivity (Wildman–Crippen MR) is 52.5 cm³/mol. The third-order valence-corrected chi connectivity index (χ3v) is 1.92. The van der Waals surface area contributed by atoms with Crippen LogP contribution in [0.2, 0.25) is 0 Å². The molecule has 0 aromatic heterocycles. The molecule has 0 rings (SSSR count). The monoisotopic (exact) mass is 202 g/mol. The number of hydrogen-bond acceptors (Lipinski definition) is 3. The number of ether oxygens (including phenoxy) is 1. The van der Waals surface area contributed by atoms with Crippen molar-refractivity contribution in [3.8, 4) is 0 Å². The van der Waals surface area contributed by atoms with Crippen LogP contribution in [0.5, 0.6) is 0 Å². The molecule has 1 unspecified atom stereocenters. The summed E-state index contributed by atoms with van der Waals surface area (Å²) in [5.41, 5.74) is 5.02. The average molecular weight is 202 g/mol. The summed E-state index contributed by atoms with van der Waals surface area (Å²) in [4.78, 5) is 22.0. The standard InChI is InChI=1S/C9H18N2O3/c1-3-7(6-8(10)12)9(13)11-4-5-14-2/h7H,3-6H2,1-2H3,(H2,10,12)(H,11,13). The summed E-state index contributed by atoms with van der Waals surface area (Å²) in [7, 11) is 1.56. The van der Waals surface area contributed by atoms with Crippen molar-refractivity contribution in [2.75, 3.05) is 20.3 Å². The fourth-order valence-corrected chi connectivity index (χ4v) is 1.09. The molecule has 0 heterocycles. The molecule has 5 heteroatoms. The third-order valence-electron chi connectivity index (χ3n) is 1.92. The van der Waals surface area contributed by atoms with Gasteiger partial charge in [-0.15, -0.1) is 0 Å². The second-order valence-electron chi connectivity index (χ2n) is 3.06. The fourth-order valence-electron chi connectivity index (χ4n) is 1.09. The number of carbonyl (C=O) groups is 2. The quantitative estimate of drug-likeness (QED) is 0.554. The molecule has 0 aliphatic heterocycles. The van der Waals surface area contributed by atoms with Crippen LogP contribution >= 0.6 is 0 Å². The lowest BCUT2D eigenvalue weighted by Crippen LogP contribution is -2.34. The minimum absolute atomic E-state index is 0.106. The van der Waals surface area contributed by atoms with Gasteiger partial charge in [-0.2, -0.15) is 0 Å². The molecule has 0 spiro atoms. The van der Waals surface area contributed by atoms with Crippen molar-refractivity contribution in [1.82, 2.24) is 5.32 Å². The van der Waals surface area contributed by atoms with E-state index in [2.05, 4.69) is 5.32 Å². The van der Waals surface area contributed by atoms with Gasteiger partial charge in [-0.3, -0.25) is 9.59 Å². The maximum Gasteiger partial charge on any atom is 0.223 e. The normalized spacial score (nSPS) is 12.1. The van der Waals surface area contributed by atoms with Gasteiger partial charge in [0.2, 0.25) is 11.8 Å². The summed E-state index contributed by atoms with van der Waals surface area (Å²) in [6.45, 7) is 2.78. The fraction of sp³-hybridized carbons (Fsp3) is 0.778. The van der Waals surface area contributed by atoms with E-state index in [4.69, 9.17) is 10.5 Å². The summed E-state index contributed by atoms with van der Waals surface area (Å²) in [5, 5.41) is 2.67. The van der Waals surface area contributed by atoms with Crippen LogP contribution in [0.3, 0.4) is 0 Å². The molecule has 0 aromatic rings. The Kier molecular flexibility index (Phi) is 6.74. The van der Waals surface area contributed by atoms with Gasteiger partial charge in [0.1, 0.15) is 0 Å². The zero-order chi connectivity index (χ0) is 11.0. The Morgan fingerprint density at radius 1 is 1.50 bits per heavy atom. The van der Waals surface area contributed by atoms with Gasteiger partial charge in [-0.25, -0.2) is 0 Å². The van der Waals surface area contributed by atoms with E-state index in [-0.39, 0.29) is 18.2 Å². The summed E-state index contributed by atoms with van der Waals surface area (Å²) in [6, 6.07) is 0. The third kappa shape index (κ3) is 5.53. The summed E-state index contributed by atoms with van der Waals surface area (Å²) in [6.07, 6.45) is 0.719. The highest BCUT2D eigenvalue weighted by Gasteiger charge is 2.17. The molecule has 0 fully saturated rings. The molecule has 1 atom stereocenters. The smallest absolute Gasteiger partial charge is 0.223 e. The molecule has 0 saturated carbocycles. The van der Waals surface area contributed by atoms with Gasteiger partial charge >= 0.3 is 0 Å². The molecule has 2 amide bonds. The maximum atomic E-state index is 11.4. The van der Waals surface area contributed by atoms with Crippen molar-refractivity contribution in [1.29, 1.82) is 0 Å². The van der Waals surface area contributed by atoms with Crippen molar-refractivity contribution in [2.45, 2.75) is 19.8 Å². The Hall–Kier alpha value is -1.10. The zero-order valence-electron chi connectivity index (χ0n) is 8.71. The van der Waals surface area contributed by atoms with Crippen LogP contribution in [0.1, 0.15) is 19.8 Å². The number of nitrogens with one attached hydrogen (secondary N) is 1. The molecule has 5 nitrogen and oxygen atoms in total. The number of methoxy groups -OCH3 is 1. The van der Waals surface area contributed by atoms with Gasteiger partial charge in [0.15, 0.2) is 0 Å². The van der Waals surface area contributed by atoms with E-state index >= 15 is 0 Å². The second-order valence-corrected chi connectivity index (χ2v) is 3.06. The molecule has 82 valence electrons. The van der Waals surface area contributed by atoms with Crippen molar-refractivity contribution in [2.24, 2.45) is 11.7 Å². The highest BCUT2D eigenvalue weighted by atomic mass is 16.5. The Labute approximate surface area is 84.0 Å². The number of carbonyl (C=O) groups excluding carboxylic acids is 2. The lowest BCUT2D eigenvalue weighted by Gasteiger charge is -2.12. The lowest BCUT2D eigenvalue weighted by molar-refractivity contribution is -0.129. The molecule has 3 N–H and O–H groups in total. The highest BCUT2D eigenvalue weighted by Crippen LogP contribution is 2.07. The first-order valence-electron chi connectivity index (χ1n) is 4.66. The lowest BCUT2D eigenvalue weighted by atomic mass is 10.0. The predicted octanol–water partition coefficient (Wildman–Crippen LogP) is -0.349. The minimum atomic E-state index is -0.446. The Morgan fingerprint density at radius 2 is 2.14 bits per heavy atom. The van der Waals surface area contributed by atoms with E-state index in [1.54, 1.807) is 7.11 Å². The van der Waals surface area contributed by atoms with E-state index in [0.717, 1.165) is 0 Å². The van der Waals surface area contributed by atoms with Crippen LogP contribution < -0.4 is 11.1 Å². The van der Waals surface area contributed by atoms with Gasteiger partial charge in [0.25, 0.3) is 0 Å². The van der Waals surface area contributed by atoms with Gasteiger partial charge in [0.05, 0.1) is 6.61 Å². The molecular formula is C9H18N2O3. The summed E-state index contributed by atoms with van der Waals surface area (Å²) >= 11 is 0. The van der Waals surface area contributed by atoms with E-state index < -0.39 is 5.91 Å². The average Bonchev–Trinajstić information content (AvgIpc) is 2.14. The first-order chi connectivity index (χ1) is 6.61. The maximum absolute atomic E-state index is 11.4. The first kappa shape index (κ1) is 12.9. The molecule has 0 bridgehead atoms. The van der Waals surface area contributed by atoms with E-state index in [9.17, 15) is 9.59 Å². The van der Waals surface area contributed by atoms with Gasteiger partial charge in [-0.05, 0) is 6.42 Å². The number of rotatable bonds is 7. The molecule has 14 heavy (non-hydrogen) atoms. The Morgan fingerprint density at radius 3 is 2.57 bits per heavy atom. The van der Waals surface area contributed by atoms with Gasteiger partial charge in [-0.1, -0.05) is 6.92 Å². The molecule has 0 aromatic carbocycles. The second kappa shape index (κ2) is 7.32. The van der Waals surface area contributed by atoms with Crippen molar-refractivity contribution >= 4 is 11.8 Å². The van der Waals surface area contributed by atoms with Crippen LogP contribution in [-0.4, -0.2) is 32.1 Å². The zero-order valence-corrected chi connectivity index (χ0v) is 8.71.